The highest BCUT2D eigenvalue weighted by Gasteiger charge is 2.45. The summed E-state index contributed by atoms with van der Waals surface area (Å²) < 4.78 is 17.3. The predicted octanol–water partition coefficient (Wildman–Crippen LogP) is 6.35. The first-order valence-electron chi connectivity index (χ1n) is 14.4. The van der Waals surface area contributed by atoms with Gasteiger partial charge in [-0.3, -0.25) is 4.79 Å². The van der Waals surface area contributed by atoms with Gasteiger partial charge < -0.3 is 24.2 Å². The summed E-state index contributed by atoms with van der Waals surface area (Å²) in [5.41, 5.74) is 2.37. The summed E-state index contributed by atoms with van der Waals surface area (Å²) in [6, 6.07) is 11.7. The minimum Gasteiger partial charge on any atom is -0.493 e. The molecule has 2 aromatic carbocycles. The van der Waals surface area contributed by atoms with Gasteiger partial charge >= 0.3 is 0 Å². The van der Waals surface area contributed by atoms with Gasteiger partial charge in [-0.15, -0.1) is 0 Å². The second kappa shape index (κ2) is 11.7. The Labute approximate surface area is 237 Å². The lowest BCUT2D eigenvalue weighted by Gasteiger charge is -2.48. The maximum atomic E-state index is 13.9. The minimum atomic E-state index is -0.706. The van der Waals surface area contributed by atoms with Crippen molar-refractivity contribution >= 4 is 17.5 Å². The lowest BCUT2D eigenvalue weighted by Crippen LogP contribution is -2.51. The van der Waals surface area contributed by atoms with Crippen molar-refractivity contribution in [2.75, 3.05) is 20.3 Å². The fourth-order valence-corrected chi connectivity index (χ4v) is 7.16. The molecule has 1 saturated carbocycles. The standard InChI is InChI=1S/C32H42ClNO5/c1-20(2)39-29-19-27-22(17-28(29)37-4)18-30(35)34(31(27)21-5-9-25(33)10-6-21)26-11-7-23(8-12-26)32(3,36)24-13-15-38-16-14-24/h5-6,9-10,17,19-20,23-24,26,31,36H,7-8,11-16,18H2,1-4H3/t23-,26+,31-,32-/m0/s1. The van der Waals surface area contributed by atoms with E-state index in [-0.39, 0.29) is 35.9 Å². The van der Waals surface area contributed by atoms with E-state index in [9.17, 15) is 9.90 Å². The molecule has 7 heteroatoms. The van der Waals surface area contributed by atoms with Gasteiger partial charge in [0.05, 0.1) is 31.3 Å². The molecule has 2 aromatic rings. The van der Waals surface area contributed by atoms with Crippen LogP contribution in [0.1, 0.15) is 82.0 Å². The minimum absolute atomic E-state index is 0.00828. The number of hydrogen-bond acceptors (Lipinski definition) is 5. The Hall–Kier alpha value is -2.28. The molecule has 1 N–H and O–H groups in total. The summed E-state index contributed by atoms with van der Waals surface area (Å²) in [6.07, 6.45) is 5.71. The average molecular weight is 556 g/mol. The molecule has 39 heavy (non-hydrogen) atoms. The number of ether oxygens (including phenoxy) is 3. The molecule has 1 aliphatic carbocycles. The zero-order chi connectivity index (χ0) is 27.7. The fourth-order valence-electron chi connectivity index (χ4n) is 7.03. The molecule has 212 valence electrons. The summed E-state index contributed by atoms with van der Waals surface area (Å²) in [4.78, 5) is 16.0. The van der Waals surface area contributed by atoms with Gasteiger partial charge in [-0.1, -0.05) is 23.7 Å². The molecule has 0 unspecified atom stereocenters. The number of hydrogen-bond donors (Lipinski definition) is 1. The molecule has 0 aromatic heterocycles. The first-order chi connectivity index (χ1) is 18.7. The number of halogens is 1. The second-order valence-electron chi connectivity index (χ2n) is 11.9. The number of carbonyl (C=O) groups is 1. The van der Waals surface area contributed by atoms with E-state index in [0.717, 1.165) is 68.4 Å². The summed E-state index contributed by atoms with van der Waals surface area (Å²) in [6.45, 7) is 7.48. The lowest BCUT2D eigenvalue weighted by atomic mass is 9.68. The third kappa shape index (κ3) is 5.79. The predicted molar refractivity (Wildman–Crippen MR) is 153 cm³/mol. The Morgan fingerprint density at radius 1 is 1.00 bits per heavy atom. The number of fused-ring (bicyclic) bond motifs is 1. The quantitative estimate of drug-likeness (QED) is 0.431. The topological polar surface area (TPSA) is 68.2 Å². The van der Waals surface area contributed by atoms with Gasteiger partial charge in [-0.25, -0.2) is 0 Å². The van der Waals surface area contributed by atoms with Crippen LogP contribution in [0.2, 0.25) is 5.02 Å². The van der Waals surface area contributed by atoms with E-state index < -0.39 is 5.60 Å². The van der Waals surface area contributed by atoms with Gasteiger partial charge in [0.1, 0.15) is 0 Å². The lowest BCUT2D eigenvalue weighted by molar-refractivity contribution is -0.139. The molecule has 0 spiro atoms. The van der Waals surface area contributed by atoms with E-state index in [4.69, 9.17) is 25.8 Å². The molecule has 2 atom stereocenters. The average Bonchev–Trinajstić information content (AvgIpc) is 2.93. The number of amides is 1. The number of benzene rings is 2. The largest absolute Gasteiger partial charge is 0.493 e. The highest BCUT2D eigenvalue weighted by Crippen LogP contribution is 2.47. The zero-order valence-electron chi connectivity index (χ0n) is 23.6. The van der Waals surface area contributed by atoms with E-state index >= 15 is 0 Å². The van der Waals surface area contributed by atoms with Gasteiger partial charge in [0.15, 0.2) is 11.5 Å². The van der Waals surface area contributed by atoms with Crippen molar-refractivity contribution in [3.05, 3.63) is 58.1 Å². The van der Waals surface area contributed by atoms with Gasteiger partial charge in [0, 0.05) is 24.3 Å². The van der Waals surface area contributed by atoms with E-state index in [1.165, 1.54) is 0 Å². The zero-order valence-corrected chi connectivity index (χ0v) is 24.4. The van der Waals surface area contributed by atoms with Crippen LogP contribution in [-0.2, 0) is 16.0 Å². The van der Waals surface area contributed by atoms with Crippen molar-refractivity contribution in [2.45, 2.75) is 89.5 Å². The smallest absolute Gasteiger partial charge is 0.228 e. The number of methoxy groups -OCH3 is 1. The molecule has 1 saturated heterocycles. The molecule has 1 amide bonds. The first-order valence-corrected chi connectivity index (χ1v) is 14.8. The molecule has 2 heterocycles. The Kier molecular flexibility index (Phi) is 8.46. The normalized spacial score (nSPS) is 25.8. The van der Waals surface area contributed by atoms with Gasteiger partial charge in [-0.05, 0) is 112 Å². The van der Waals surface area contributed by atoms with Crippen molar-refractivity contribution in [2.24, 2.45) is 11.8 Å². The number of aliphatic hydroxyl groups is 1. The molecule has 6 nitrogen and oxygen atoms in total. The van der Waals surface area contributed by atoms with Crippen LogP contribution in [0.5, 0.6) is 11.5 Å². The summed E-state index contributed by atoms with van der Waals surface area (Å²) in [5, 5.41) is 12.2. The summed E-state index contributed by atoms with van der Waals surface area (Å²) in [5.74, 6) is 1.97. The van der Waals surface area contributed by atoms with Crippen LogP contribution in [0.15, 0.2) is 36.4 Å². The Morgan fingerprint density at radius 2 is 1.64 bits per heavy atom. The first kappa shape index (κ1) is 28.3. The maximum Gasteiger partial charge on any atom is 0.228 e. The van der Waals surface area contributed by atoms with E-state index in [1.807, 2.05) is 51.1 Å². The highest BCUT2D eigenvalue weighted by atomic mass is 35.5. The molecule has 2 fully saturated rings. The van der Waals surface area contributed by atoms with E-state index in [2.05, 4.69) is 11.0 Å². The van der Waals surface area contributed by atoms with Crippen LogP contribution in [0.25, 0.3) is 0 Å². The van der Waals surface area contributed by atoms with Crippen LogP contribution >= 0.6 is 11.6 Å². The number of nitrogens with zero attached hydrogens (tertiary/aromatic N) is 1. The second-order valence-corrected chi connectivity index (χ2v) is 12.4. The molecular weight excluding hydrogens is 514 g/mol. The van der Waals surface area contributed by atoms with E-state index in [0.29, 0.717) is 22.9 Å². The van der Waals surface area contributed by atoms with Crippen molar-refractivity contribution in [3.63, 3.8) is 0 Å². The van der Waals surface area contributed by atoms with E-state index in [1.54, 1.807) is 7.11 Å². The molecule has 0 radical (unpaired) electrons. The Bertz CT molecular complexity index is 1150. The Morgan fingerprint density at radius 3 is 2.26 bits per heavy atom. The molecule has 5 rings (SSSR count). The van der Waals surface area contributed by atoms with Crippen LogP contribution < -0.4 is 9.47 Å². The van der Waals surface area contributed by atoms with Gasteiger partial charge in [-0.2, -0.15) is 0 Å². The van der Waals surface area contributed by atoms with Crippen molar-refractivity contribution in [1.82, 2.24) is 4.90 Å². The van der Waals surface area contributed by atoms with Crippen LogP contribution in [-0.4, -0.2) is 54.0 Å². The highest BCUT2D eigenvalue weighted by molar-refractivity contribution is 6.30. The SMILES string of the molecule is COc1cc2c(cc1OC(C)C)[C@H](c1ccc(Cl)cc1)N([C@H]1CC[C@@H]([C@](C)(O)C3CCOCC3)CC1)C(=O)C2. The molecular formula is C32H42ClNO5. The molecule has 0 bridgehead atoms. The summed E-state index contributed by atoms with van der Waals surface area (Å²) in [7, 11) is 1.64. The third-order valence-corrected chi connectivity index (χ3v) is 9.39. The van der Waals surface area contributed by atoms with Crippen LogP contribution in [0, 0.1) is 11.8 Å². The Balaban J connectivity index is 1.46. The van der Waals surface area contributed by atoms with Gasteiger partial charge in [0.25, 0.3) is 0 Å². The van der Waals surface area contributed by atoms with Crippen molar-refractivity contribution in [1.29, 1.82) is 0 Å². The fraction of sp³-hybridized carbons (Fsp3) is 0.594. The number of rotatable bonds is 7. The maximum absolute atomic E-state index is 13.9. The number of carbonyl (C=O) groups excluding carboxylic acids is 1. The van der Waals surface area contributed by atoms with Crippen LogP contribution in [0.3, 0.4) is 0 Å². The van der Waals surface area contributed by atoms with Crippen molar-refractivity contribution < 1.29 is 24.1 Å². The van der Waals surface area contributed by atoms with Crippen LogP contribution in [0.4, 0.5) is 0 Å². The molecule has 2 aliphatic heterocycles. The van der Waals surface area contributed by atoms with Gasteiger partial charge in [0.2, 0.25) is 5.91 Å². The molecule has 3 aliphatic rings. The third-order valence-electron chi connectivity index (χ3n) is 9.14. The summed E-state index contributed by atoms with van der Waals surface area (Å²) >= 11 is 6.26. The monoisotopic (exact) mass is 555 g/mol. The van der Waals surface area contributed by atoms with Crippen molar-refractivity contribution in [3.8, 4) is 11.5 Å².